The number of aliphatic carboxylic acids is 1. The Hall–Kier alpha value is -4.78. The molecule has 1 aliphatic heterocycles. The molecule has 2 amide bonds. The Kier molecular flexibility index (Phi) is 9.53. The average Bonchev–Trinajstić information content (AvgIpc) is 3.81. The molecule has 244 valence electrons. The molecule has 1 atom stereocenters. The Labute approximate surface area is 272 Å². The number of halogens is 3. The molecule has 13 heteroatoms. The number of piperidine rings is 1. The first-order valence-corrected chi connectivity index (χ1v) is 16.1. The van der Waals surface area contributed by atoms with Gasteiger partial charge in [-0.3, -0.25) is 24.2 Å². The largest absolute Gasteiger partial charge is 0.481 e. The standard InChI is InChI=1S/C34H31F3N4O5S/c35-31-30(39-34(47-31)41(23-10-11-23)32(45)22(17-29(43)44)16-20-6-2-1-3-7-20)26-18-24(46-33(36)37)12-13-25(26)21-9-14-27(38-19-21)40-15-5-4-8-28(40)42/h1-3,6-7,9,12-14,18-19,22-23,33H,4-5,8,10-11,15-17H2,(H,43,44)/t22-/m1/s1. The van der Waals surface area contributed by atoms with Gasteiger partial charge < -0.3 is 9.84 Å². The molecule has 9 nitrogen and oxygen atoms in total. The number of anilines is 2. The van der Waals surface area contributed by atoms with E-state index in [1.165, 1.54) is 29.3 Å². The number of alkyl halides is 2. The normalized spacial score (nSPS) is 15.5. The van der Waals surface area contributed by atoms with Gasteiger partial charge in [0.05, 0.1) is 12.3 Å². The molecule has 1 saturated heterocycles. The molecule has 4 aromatic rings. The number of ether oxygens (including phenoxy) is 1. The molecule has 1 N–H and O–H groups in total. The van der Waals surface area contributed by atoms with E-state index in [1.54, 1.807) is 29.2 Å². The van der Waals surface area contributed by atoms with Crippen molar-refractivity contribution in [2.75, 3.05) is 16.3 Å². The fraction of sp³-hybridized carbons (Fsp3) is 0.324. The number of thiazole rings is 1. The van der Waals surface area contributed by atoms with Gasteiger partial charge in [0.25, 0.3) is 0 Å². The Morgan fingerprint density at radius 2 is 1.85 bits per heavy atom. The third kappa shape index (κ3) is 7.46. The van der Waals surface area contributed by atoms with Gasteiger partial charge in [-0.05, 0) is 73.6 Å². The maximum atomic E-state index is 15.9. The van der Waals surface area contributed by atoms with E-state index in [1.807, 2.05) is 18.2 Å². The molecular weight excluding hydrogens is 633 g/mol. The van der Waals surface area contributed by atoms with Gasteiger partial charge in [0, 0.05) is 36.3 Å². The second-order valence-electron chi connectivity index (χ2n) is 11.5. The molecule has 3 heterocycles. The molecule has 2 aromatic heterocycles. The third-order valence-electron chi connectivity index (χ3n) is 8.16. The number of pyridine rings is 1. The van der Waals surface area contributed by atoms with E-state index in [9.17, 15) is 28.3 Å². The highest BCUT2D eigenvalue weighted by molar-refractivity contribution is 7.14. The van der Waals surface area contributed by atoms with Crippen LogP contribution < -0.4 is 14.5 Å². The maximum absolute atomic E-state index is 15.9. The summed E-state index contributed by atoms with van der Waals surface area (Å²) in [6, 6.07) is 16.3. The van der Waals surface area contributed by atoms with E-state index >= 15 is 4.39 Å². The summed E-state index contributed by atoms with van der Waals surface area (Å²) in [4.78, 5) is 50.1. The van der Waals surface area contributed by atoms with Crippen LogP contribution in [0.1, 0.15) is 44.1 Å². The third-order valence-corrected chi connectivity index (χ3v) is 9.00. The lowest BCUT2D eigenvalue weighted by Crippen LogP contribution is -2.39. The van der Waals surface area contributed by atoms with Crippen LogP contribution in [0.2, 0.25) is 0 Å². The molecule has 1 aliphatic carbocycles. The topological polar surface area (TPSA) is 113 Å². The Bertz CT molecular complexity index is 1770. The molecular formula is C34H31F3N4O5S. The van der Waals surface area contributed by atoms with E-state index in [4.69, 9.17) is 0 Å². The van der Waals surface area contributed by atoms with E-state index in [0.29, 0.717) is 54.1 Å². The van der Waals surface area contributed by atoms with Gasteiger partial charge in [-0.15, -0.1) is 0 Å². The zero-order valence-electron chi connectivity index (χ0n) is 25.2. The smallest absolute Gasteiger partial charge is 0.387 e. The number of nitrogens with zero attached hydrogens (tertiary/aromatic N) is 4. The van der Waals surface area contributed by atoms with Crippen LogP contribution in [0.4, 0.5) is 24.1 Å². The SMILES string of the molecule is O=C(O)C[C@@H](Cc1ccccc1)C(=O)N(c1nc(-c2cc(OC(F)F)ccc2-c2ccc(N3CCCCC3=O)nc2)c(F)s1)C1CC1. The van der Waals surface area contributed by atoms with Crippen molar-refractivity contribution in [3.8, 4) is 28.1 Å². The van der Waals surface area contributed by atoms with E-state index in [-0.39, 0.29) is 40.5 Å². The molecule has 2 aromatic carbocycles. The molecule has 0 unspecified atom stereocenters. The lowest BCUT2D eigenvalue weighted by Gasteiger charge is -2.25. The fourth-order valence-corrected chi connectivity index (χ4v) is 6.66. The van der Waals surface area contributed by atoms with E-state index < -0.39 is 36.0 Å². The number of carboxylic acid groups (broad SMARTS) is 1. The predicted octanol–water partition coefficient (Wildman–Crippen LogP) is 6.96. The van der Waals surface area contributed by atoms with Crippen molar-refractivity contribution in [1.82, 2.24) is 9.97 Å². The van der Waals surface area contributed by atoms with E-state index in [0.717, 1.165) is 18.4 Å². The Balaban J connectivity index is 1.36. The number of carboxylic acids is 1. The zero-order valence-corrected chi connectivity index (χ0v) is 26.0. The van der Waals surface area contributed by atoms with Gasteiger partial charge in [-0.2, -0.15) is 13.2 Å². The van der Waals surface area contributed by atoms with Gasteiger partial charge >= 0.3 is 12.6 Å². The van der Waals surface area contributed by atoms with Crippen LogP contribution in [-0.4, -0.2) is 52.1 Å². The Morgan fingerprint density at radius 3 is 2.51 bits per heavy atom. The van der Waals surface area contributed by atoms with Gasteiger partial charge in [0.2, 0.25) is 16.9 Å². The molecule has 0 bridgehead atoms. The van der Waals surface area contributed by atoms with Crippen molar-refractivity contribution in [2.45, 2.75) is 57.6 Å². The molecule has 1 saturated carbocycles. The summed E-state index contributed by atoms with van der Waals surface area (Å²) >= 11 is 0.633. The summed E-state index contributed by atoms with van der Waals surface area (Å²) in [6.45, 7) is -2.57. The van der Waals surface area contributed by atoms with Crippen LogP contribution in [0, 0.1) is 11.0 Å². The van der Waals surface area contributed by atoms with Crippen molar-refractivity contribution in [1.29, 1.82) is 0 Å². The summed E-state index contributed by atoms with van der Waals surface area (Å²) in [5.74, 6) is -2.28. The minimum atomic E-state index is -3.12. The monoisotopic (exact) mass is 664 g/mol. The van der Waals surface area contributed by atoms with Crippen molar-refractivity contribution in [2.24, 2.45) is 5.92 Å². The second kappa shape index (κ2) is 13.9. The number of rotatable bonds is 12. The predicted molar refractivity (Wildman–Crippen MR) is 170 cm³/mol. The molecule has 0 radical (unpaired) electrons. The number of carbonyl (C=O) groups is 3. The number of benzene rings is 2. The lowest BCUT2D eigenvalue weighted by atomic mass is 9.94. The first-order chi connectivity index (χ1) is 22.7. The van der Waals surface area contributed by atoms with Gasteiger partial charge in [0.1, 0.15) is 17.3 Å². The first kappa shape index (κ1) is 32.2. The molecule has 2 fully saturated rings. The average molecular weight is 665 g/mol. The van der Waals surface area contributed by atoms with Crippen molar-refractivity contribution in [3.63, 3.8) is 0 Å². The number of hydrogen-bond acceptors (Lipinski definition) is 7. The second-order valence-corrected chi connectivity index (χ2v) is 12.5. The highest BCUT2D eigenvalue weighted by Crippen LogP contribution is 2.42. The minimum Gasteiger partial charge on any atom is -0.481 e. The van der Waals surface area contributed by atoms with Crippen molar-refractivity contribution < 1.29 is 37.4 Å². The van der Waals surface area contributed by atoms with Crippen LogP contribution in [0.25, 0.3) is 22.4 Å². The minimum absolute atomic E-state index is 0.0214. The number of amides is 2. The van der Waals surface area contributed by atoms with Crippen molar-refractivity contribution in [3.05, 3.63) is 77.6 Å². The first-order valence-electron chi connectivity index (χ1n) is 15.3. The summed E-state index contributed by atoms with van der Waals surface area (Å²) in [5.41, 5.74) is 1.69. The molecule has 6 rings (SSSR count). The lowest BCUT2D eigenvalue weighted by molar-refractivity contribution is -0.140. The van der Waals surface area contributed by atoms with Gasteiger partial charge in [-0.25, -0.2) is 9.97 Å². The zero-order chi connectivity index (χ0) is 33.1. The Morgan fingerprint density at radius 1 is 1.06 bits per heavy atom. The number of carbonyl (C=O) groups excluding carboxylic acids is 2. The van der Waals surface area contributed by atoms with Crippen LogP contribution in [0.5, 0.6) is 5.75 Å². The van der Waals surface area contributed by atoms with Crippen LogP contribution >= 0.6 is 11.3 Å². The summed E-state index contributed by atoms with van der Waals surface area (Å²) < 4.78 is 46.9. The van der Waals surface area contributed by atoms with Gasteiger partial charge in [-0.1, -0.05) is 41.7 Å². The summed E-state index contributed by atoms with van der Waals surface area (Å²) in [7, 11) is 0. The number of aromatic nitrogens is 2. The van der Waals surface area contributed by atoms with Crippen LogP contribution in [-0.2, 0) is 20.8 Å². The van der Waals surface area contributed by atoms with E-state index in [2.05, 4.69) is 14.7 Å². The van der Waals surface area contributed by atoms with Crippen molar-refractivity contribution >= 4 is 40.1 Å². The van der Waals surface area contributed by atoms with Crippen LogP contribution in [0.3, 0.4) is 0 Å². The molecule has 47 heavy (non-hydrogen) atoms. The quantitative estimate of drug-likeness (QED) is 0.174. The molecule has 0 spiro atoms. The van der Waals surface area contributed by atoms with Gasteiger partial charge in [0.15, 0.2) is 5.13 Å². The summed E-state index contributed by atoms with van der Waals surface area (Å²) in [5, 5.41) is 8.91. The highest BCUT2D eigenvalue weighted by Gasteiger charge is 2.40. The molecule has 2 aliphatic rings. The fourth-order valence-electron chi connectivity index (χ4n) is 5.78. The van der Waals surface area contributed by atoms with Crippen LogP contribution in [0.15, 0.2) is 66.9 Å². The number of hydrogen-bond donors (Lipinski definition) is 1. The highest BCUT2D eigenvalue weighted by atomic mass is 32.1. The summed E-state index contributed by atoms with van der Waals surface area (Å²) in [6.07, 6.45) is 4.70. The maximum Gasteiger partial charge on any atom is 0.387 e.